The summed E-state index contributed by atoms with van der Waals surface area (Å²) >= 11 is 1.40. The molecule has 0 aliphatic carbocycles. The molecular formula is C18H22NO3S-. The van der Waals surface area contributed by atoms with Crippen molar-refractivity contribution < 1.29 is 14.6 Å². The SMILES string of the molecule is CCc1ccc(OCc2nc(CC(=O)[O-])cs2)c(C(C)(C)C)c1. The smallest absolute Gasteiger partial charge is 0.140 e. The summed E-state index contributed by atoms with van der Waals surface area (Å²) in [5, 5.41) is 13.1. The Hall–Kier alpha value is -1.88. The maximum absolute atomic E-state index is 10.6. The van der Waals surface area contributed by atoms with Gasteiger partial charge < -0.3 is 14.6 Å². The van der Waals surface area contributed by atoms with E-state index >= 15 is 0 Å². The zero-order valence-corrected chi connectivity index (χ0v) is 14.8. The van der Waals surface area contributed by atoms with E-state index in [-0.39, 0.29) is 11.8 Å². The molecule has 0 radical (unpaired) electrons. The Balaban J connectivity index is 2.14. The molecule has 0 amide bonds. The molecule has 4 nitrogen and oxygen atoms in total. The maximum atomic E-state index is 10.6. The topological polar surface area (TPSA) is 62.2 Å². The van der Waals surface area contributed by atoms with Crippen LogP contribution < -0.4 is 9.84 Å². The van der Waals surface area contributed by atoms with Crippen LogP contribution in [-0.2, 0) is 29.7 Å². The summed E-state index contributed by atoms with van der Waals surface area (Å²) in [7, 11) is 0. The number of hydrogen-bond acceptors (Lipinski definition) is 5. The number of aryl methyl sites for hydroxylation is 1. The van der Waals surface area contributed by atoms with Crippen molar-refractivity contribution in [3.05, 3.63) is 45.4 Å². The third kappa shape index (κ3) is 4.79. The predicted octanol–water partition coefficient (Wildman–Crippen LogP) is 2.87. The molecule has 1 aromatic carbocycles. The van der Waals surface area contributed by atoms with Gasteiger partial charge in [0, 0.05) is 17.8 Å². The first-order chi connectivity index (χ1) is 10.8. The monoisotopic (exact) mass is 332 g/mol. The Bertz CT molecular complexity index is 686. The molecule has 0 spiro atoms. The number of nitrogens with zero attached hydrogens (tertiary/aromatic N) is 1. The van der Waals surface area contributed by atoms with Gasteiger partial charge in [-0.3, -0.25) is 0 Å². The van der Waals surface area contributed by atoms with Crippen LogP contribution in [0.4, 0.5) is 0 Å². The molecule has 0 aliphatic heterocycles. The zero-order valence-electron chi connectivity index (χ0n) is 14.0. The van der Waals surface area contributed by atoms with Gasteiger partial charge in [0.05, 0.1) is 5.69 Å². The van der Waals surface area contributed by atoms with E-state index in [0.29, 0.717) is 12.3 Å². The second-order valence-corrected chi connectivity index (χ2v) is 7.45. The molecule has 0 aliphatic rings. The van der Waals surface area contributed by atoms with Crippen LogP contribution in [0, 0.1) is 0 Å². The fourth-order valence-corrected chi connectivity index (χ4v) is 3.00. The van der Waals surface area contributed by atoms with E-state index in [9.17, 15) is 9.90 Å². The number of aromatic nitrogens is 1. The molecule has 0 saturated heterocycles. The van der Waals surface area contributed by atoms with Crippen LogP contribution in [0.15, 0.2) is 23.6 Å². The molecule has 0 saturated carbocycles. The van der Waals surface area contributed by atoms with Crippen LogP contribution in [0.1, 0.15) is 49.5 Å². The standard InChI is InChI=1S/C18H23NO3S/c1-5-12-6-7-15(14(8-12)18(2,3)4)22-10-16-19-13(11-23-16)9-17(20)21/h6-8,11H,5,9-10H2,1-4H3,(H,20,21)/p-1. The Morgan fingerprint density at radius 1 is 1.35 bits per heavy atom. The fraction of sp³-hybridized carbons (Fsp3) is 0.444. The first kappa shape index (κ1) is 17.5. The lowest BCUT2D eigenvalue weighted by molar-refractivity contribution is -0.304. The van der Waals surface area contributed by atoms with Crippen LogP contribution in [-0.4, -0.2) is 11.0 Å². The van der Waals surface area contributed by atoms with Crippen molar-refractivity contribution in [2.75, 3.05) is 0 Å². The van der Waals surface area contributed by atoms with Crippen LogP contribution in [0.2, 0.25) is 0 Å². The van der Waals surface area contributed by atoms with Gasteiger partial charge in [-0.25, -0.2) is 4.98 Å². The summed E-state index contributed by atoms with van der Waals surface area (Å²) in [6.45, 7) is 8.96. The van der Waals surface area contributed by atoms with Gasteiger partial charge in [0.1, 0.15) is 17.4 Å². The number of rotatable bonds is 6. The first-order valence-electron chi connectivity index (χ1n) is 7.69. The Kier molecular flexibility index (Phi) is 5.42. The minimum absolute atomic E-state index is 0.0104. The summed E-state index contributed by atoms with van der Waals surface area (Å²) in [6, 6.07) is 6.28. The number of carboxylic acids is 1. The van der Waals surface area contributed by atoms with E-state index in [1.54, 1.807) is 5.38 Å². The van der Waals surface area contributed by atoms with Gasteiger partial charge in [-0.2, -0.15) is 0 Å². The van der Waals surface area contributed by atoms with Crippen molar-refractivity contribution in [3.8, 4) is 5.75 Å². The average Bonchev–Trinajstić information content (AvgIpc) is 2.90. The molecule has 2 rings (SSSR count). The van der Waals surface area contributed by atoms with E-state index in [1.807, 2.05) is 6.07 Å². The first-order valence-corrected chi connectivity index (χ1v) is 8.57. The highest BCUT2D eigenvalue weighted by atomic mass is 32.1. The number of benzene rings is 1. The molecular weight excluding hydrogens is 310 g/mol. The predicted molar refractivity (Wildman–Crippen MR) is 89.7 cm³/mol. The maximum Gasteiger partial charge on any atom is 0.140 e. The highest BCUT2D eigenvalue weighted by Crippen LogP contribution is 2.33. The second-order valence-electron chi connectivity index (χ2n) is 6.50. The van der Waals surface area contributed by atoms with E-state index in [0.717, 1.165) is 17.2 Å². The van der Waals surface area contributed by atoms with Gasteiger partial charge >= 0.3 is 0 Å². The van der Waals surface area contributed by atoms with Gasteiger partial charge in [-0.05, 0) is 29.0 Å². The number of carbonyl (C=O) groups excluding carboxylic acids is 1. The summed E-state index contributed by atoms with van der Waals surface area (Å²) in [5.74, 6) is -0.265. The lowest BCUT2D eigenvalue weighted by Gasteiger charge is -2.23. The van der Waals surface area contributed by atoms with E-state index in [2.05, 4.69) is 44.8 Å². The molecule has 1 aromatic heterocycles. The third-order valence-electron chi connectivity index (χ3n) is 3.54. The van der Waals surface area contributed by atoms with Crippen molar-refractivity contribution in [1.29, 1.82) is 0 Å². The van der Waals surface area contributed by atoms with E-state index < -0.39 is 5.97 Å². The Morgan fingerprint density at radius 2 is 2.09 bits per heavy atom. The van der Waals surface area contributed by atoms with Crippen molar-refractivity contribution in [1.82, 2.24) is 4.98 Å². The molecule has 0 fully saturated rings. The molecule has 0 unspecified atom stereocenters. The van der Waals surface area contributed by atoms with Gasteiger partial charge in [0.15, 0.2) is 0 Å². The van der Waals surface area contributed by atoms with Gasteiger partial charge in [0.2, 0.25) is 0 Å². The number of thiazole rings is 1. The molecule has 124 valence electrons. The minimum atomic E-state index is -1.12. The van der Waals surface area contributed by atoms with Crippen molar-refractivity contribution >= 4 is 17.3 Å². The van der Waals surface area contributed by atoms with Crippen molar-refractivity contribution in [2.24, 2.45) is 0 Å². The van der Waals surface area contributed by atoms with Gasteiger partial charge in [0.25, 0.3) is 0 Å². The average molecular weight is 332 g/mol. The molecule has 1 heterocycles. The van der Waals surface area contributed by atoms with E-state index in [1.165, 1.54) is 22.5 Å². The number of aliphatic carboxylic acids is 1. The number of carbonyl (C=O) groups is 1. The fourth-order valence-electron chi connectivity index (χ4n) is 2.29. The molecule has 5 heteroatoms. The number of hydrogen-bond donors (Lipinski definition) is 0. The normalized spacial score (nSPS) is 11.5. The number of ether oxygens (including phenoxy) is 1. The van der Waals surface area contributed by atoms with Crippen LogP contribution in [0.5, 0.6) is 5.75 Å². The molecule has 0 bridgehead atoms. The summed E-state index contributed by atoms with van der Waals surface area (Å²) in [5.41, 5.74) is 2.96. The summed E-state index contributed by atoms with van der Waals surface area (Å²) in [6.07, 6.45) is 0.831. The molecule has 0 atom stereocenters. The largest absolute Gasteiger partial charge is 0.550 e. The quantitative estimate of drug-likeness (QED) is 0.816. The van der Waals surface area contributed by atoms with Gasteiger partial charge in [-0.15, -0.1) is 11.3 Å². The number of carboxylic acid groups (broad SMARTS) is 1. The van der Waals surface area contributed by atoms with Crippen LogP contribution in [0.3, 0.4) is 0 Å². The molecule has 2 aromatic rings. The Morgan fingerprint density at radius 3 is 2.70 bits per heavy atom. The van der Waals surface area contributed by atoms with Gasteiger partial charge in [-0.1, -0.05) is 39.8 Å². The highest BCUT2D eigenvalue weighted by molar-refractivity contribution is 7.09. The summed E-state index contributed by atoms with van der Waals surface area (Å²) < 4.78 is 5.95. The third-order valence-corrected chi connectivity index (χ3v) is 4.41. The lowest BCUT2D eigenvalue weighted by atomic mass is 9.85. The molecule has 23 heavy (non-hydrogen) atoms. The minimum Gasteiger partial charge on any atom is -0.550 e. The Labute approximate surface area is 141 Å². The highest BCUT2D eigenvalue weighted by Gasteiger charge is 2.19. The van der Waals surface area contributed by atoms with Crippen molar-refractivity contribution in [3.63, 3.8) is 0 Å². The lowest BCUT2D eigenvalue weighted by Crippen LogP contribution is -2.24. The zero-order chi connectivity index (χ0) is 17.0. The van der Waals surface area contributed by atoms with Crippen LogP contribution in [0.25, 0.3) is 0 Å². The second kappa shape index (κ2) is 7.13. The van der Waals surface area contributed by atoms with Crippen LogP contribution >= 0.6 is 11.3 Å². The molecule has 0 N–H and O–H groups in total. The van der Waals surface area contributed by atoms with Crippen molar-refractivity contribution in [2.45, 2.75) is 52.6 Å². The summed E-state index contributed by atoms with van der Waals surface area (Å²) in [4.78, 5) is 14.9. The van der Waals surface area contributed by atoms with E-state index in [4.69, 9.17) is 4.74 Å².